The van der Waals surface area contributed by atoms with Crippen molar-refractivity contribution < 1.29 is 38.1 Å². The smallest absolute Gasteiger partial charge is 0.407 e. The summed E-state index contributed by atoms with van der Waals surface area (Å²) >= 11 is 0. The summed E-state index contributed by atoms with van der Waals surface area (Å²) in [6, 6.07) is 2.92. The lowest BCUT2D eigenvalue weighted by Crippen LogP contribution is -2.44. The van der Waals surface area contributed by atoms with E-state index < -0.39 is 29.8 Å². The zero-order chi connectivity index (χ0) is 23.7. The number of carbonyl (C=O) groups is 4. The highest BCUT2D eigenvalue weighted by molar-refractivity contribution is 5.96. The van der Waals surface area contributed by atoms with E-state index in [0.717, 1.165) is 0 Å². The number of benzene rings is 1. The first kappa shape index (κ1) is 24.9. The van der Waals surface area contributed by atoms with Gasteiger partial charge in [-0.15, -0.1) is 0 Å². The number of carboxylic acid groups (broad SMARTS) is 1. The van der Waals surface area contributed by atoms with Crippen LogP contribution in [0.2, 0.25) is 0 Å². The van der Waals surface area contributed by atoms with Crippen LogP contribution in [0.3, 0.4) is 0 Å². The van der Waals surface area contributed by atoms with Gasteiger partial charge in [-0.1, -0.05) is 0 Å². The summed E-state index contributed by atoms with van der Waals surface area (Å²) < 4.78 is 24.4. The zero-order valence-electron chi connectivity index (χ0n) is 17.6. The Morgan fingerprint density at radius 1 is 1.34 bits per heavy atom. The molecule has 0 bridgehead atoms. The van der Waals surface area contributed by atoms with Crippen molar-refractivity contribution in [3.63, 3.8) is 0 Å². The Hall–Kier alpha value is -3.41. The lowest BCUT2D eigenvalue weighted by atomic mass is 10.1. The van der Waals surface area contributed by atoms with Crippen molar-refractivity contribution >= 4 is 29.6 Å². The van der Waals surface area contributed by atoms with E-state index in [9.17, 15) is 23.6 Å². The van der Waals surface area contributed by atoms with Crippen molar-refractivity contribution in [2.75, 3.05) is 31.1 Å². The van der Waals surface area contributed by atoms with Gasteiger partial charge >= 0.3 is 12.1 Å². The molecule has 1 aliphatic rings. The van der Waals surface area contributed by atoms with Gasteiger partial charge in [0.05, 0.1) is 24.7 Å². The average molecular weight is 454 g/mol. The molecule has 3 amide bonds. The van der Waals surface area contributed by atoms with Crippen molar-refractivity contribution in [3.8, 4) is 5.75 Å². The van der Waals surface area contributed by atoms with Crippen LogP contribution in [0.1, 0.15) is 26.2 Å². The van der Waals surface area contributed by atoms with Crippen molar-refractivity contribution in [2.24, 2.45) is 5.73 Å². The Kier molecular flexibility index (Phi) is 9.20. The molecule has 0 saturated heterocycles. The predicted octanol–water partition coefficient (Wildman–Crippen LogP) is 0.364. The summed E-state index contributed by atoms with van der Waals surface area (Å²) in [5, 5.41) is 13.5. The highest BCUT2D eigenvalue weighted by Crippen LogP contribution is 2.33. The average Bonchev–Trinajstić information content (AvgIpc) is 2.84. The molecule has 11 nitrogen and oxygen atoms in total. The minimum atomic E-state index is -1.05. The van der Waals surface area contributed by atoms with Crippen LogP contribution < -0.4 is 26.0 Å². The van der Waals surface area contributed by atoms with Crippen LogP contribution in [0.5, 0.6) is 5.75 Å². The summed E-state index contributed by atoms with van der Waals surface area (Å²) in [5.41, 5.74) is 5.84. The van der Waals surface area contributed by atoms with Crippen molar-refractivity contribution in [3.05, 3.63) is 24.0 Å². The summed E-state index contributed by atoms with van der Waals surface area (Å²) in [7, 11) is 0. The standard InChI is InChI=1S/C20H27FN4O7/c1-12-10-17(26)25(15-11-13(21)2-4-16(15)32-12)8-9-31-20(30)24-7-6-23-19(29)14(22)3-5-18(27)28/h2,4,11-12,14H,3,5-10,22H2,1H3,(H,23,29)(H,24,30)(H,27,28)/t12-,14+/m1/s1. The van der Waals surface area contributed by atoms with E-state index in [1.165, 1.54) is 23.1 Å². The van der Waals surface area contributed by atoms with Gasteiger partial charge in [0, 0.05) is 25.6 Å². The van der Waals surface area contributed by atoms with Gasteiger partial charge in [-0.3, -0.25) is 14.4 Å². The number of alkyl carbamates (subject to hydrolysis) is 1. The molecular formula is C20H27FN4O7. The monoisotopic (exact) mass is 454 g/mol. The maximum atomic E-state index is 13.7. The second kappa shape index (κ2) is 11.8. The number of hydrogen-bond donors (Lipinski definition) is 4. The molecule has 0 spiro atoms. The third-order valence-electron chi connectivity index (χ3n) is 4.55. The Morgan fingerprint density at radius 3 is 2.78 bits per heavy atom. The molecule has 0 saturated carbocycles. The third-order valence-corrected chi connectivity index (χ3v) is 4.55. The molecule has 0 unspecified atom stereocenters. The lowest BCUT2D eigenvalue weighted by Gasteiger charge is -2.21. The maximum Gasteiger partial charge on any atom is 0.407 e. The number of nitrogens with one attached hydrogen (secondary N) is 2. The van der Waals surface area contributed by atoms with Crippen LogP contribution in [0, 0.1) is 5.82 Å². The number of halogens is 1. The van der Waals surface area contributed by atoms with Crippen molar-refractivity contribution in [2.45, 2.75) is 38.3 Å². The minimum Gasteiger partial charge on any atom is -0.488 e. The number of anilines is 1. The van der Waals surface area contributed by atoms with Crippen LogP contribution in [0.4, 0.5) is 14.9 Å². The number of nitrogens with two attached hydrogens (primary N) is 1. The Morgan fingerprint density at radius 2 is 2.06 bits per heavy atom. The van der Waals surface area contributed by atoms with E-state index in [0.29, 0.717) is 5.75 Å². The molecule has 0 aromatic heterocycles. The predicted molar refractivity (Wildman–Crippen MR) is 111 cm³/mol. The number of carbonyl (C=O) groups excluding carboxylic acids is 3. The fourth-order valence-electron chi connectivity index (χ4n) is 2.97. The Balaban J connectivity index is 1.74. The van der Waals surface area contributed by atoms with E-state index in [1.807, 2.05) is 0 Å². The Bertz CT molecular complexity index is 851. The molecule has 12 heteroatoms. The molecule has 1 heterocycles. The van der Waals surface area contributed by atoms with Crippen LogP contribution >= 0.6 is 0 Å². The van der Waals surface area contributed by atoms with Crippen molar-refractivity contribution in [1.82, 2.24) is 10.6 Å². The number of nitrogens with zero attached hydrogens (tertiary/aromatic N) is 1. The van der Waals surface area contributed by atoms with Gasteiger partial charge in [0.2, 0.25) is 11.8 Å². The van der Waals surface area contributed by atoms with E-state index in [2.05, 4.69) is 10.6 Å². The molecule has 176 valence electrons. The van der Waals surface area contributed by atoms with E-state index in [-0.39, 0.29) is 63.2 Å². The SMILES string of the molecule is C[C@@H]1CC(=O)N(CCOC(=O)NCCNC(=O)[C@@H](N)CCC(=O)O)c2cc(F)ccc2O1. The van der Waals surface area contributed by atoms with Gasteiger partial charge in [-0.2, -0.15) is 0 Å². The second-order valence-electron chi connectivity index (χ2n) is 7.18. The number of carboxylic acids is 1. The minimum absolute atomic E-state index is 0.00268. The summed E-state index contributed by atoms with van der Waals surface area (Å²) in [5.74, 6) is -2.01. The number of hydrogen-bond acceptors (Lipinski definition) is 7. The molecule has 1 aliphatic heterocycles. The number of aliphatic carboxylic acids is 1. The van der Waals surface area contributed by atoms with Gasteiger partial charge in [0.25, 0.3) is 0 Å². The molecule has 32 heavy (non-hydrogen) atoms. The highest BCUT2D eigenvalue weighted by atomic mass is 19.1. The van der Waals surface area contributed by atoms with E-state index in [1.54, 1.807) is 6.92 Å². The molecule has 2 atom stereocenters. The van der Waals surface area contributed by atoms with Crippen LogP contribution in [0.25, 0.3) is 0 Å². The number of amides is 3. The topological polar surface area (TPSA) is 160 Å². The molecular weight excluding hydrogens is 427 g/mol. The first-order chi connectivity index (χ1) is 15.2. The molecule has 0 fully saturated rings. The van der Waals surface area contributed by atoms with Gasteiger partial charge in [-0.25, -0.2) is 9.18 Å². The van der Waals surface area contributed by atoms with E-state index in [4.69, 9.17) is 20.3 Å². The summed E-state index contributed by atoms with van der Waals surface area (Å²) in [6.45, 7) is 1.72. The van der Waals surface area contributed by atoms with Crippen LogP contribution in [-0.2, 0) is 19.1 Å². The van der Waals surface area contributed by atoms with Gasteiger partial charge in [-0.05, 0) is 25.5 Å². The molecule has 1 aromatic rings. The molecule has 2 rings (SSSR count). The first-order valence-electron chi connectivity index (χ1n) is 10.1. The maximum absolute atomic E-state index is 13.7. The number of fused-ring (bicyclic) bond motifs is 1. The normalized spacial score (nSPS) is 16.3. The van der Waals surface area contributed by atoms with Crippen LogP contribution in [-0.4, -0.2) is 67.4 Å². The first-order valence-corrected chi connectivity index (χ1v) is 10.1. The quantitative estimate of drug-likeness (QED) is 0.369. The summed E-state index contributed by atoms with van der Waals surface area (Å²) in [4.78, 5) is 47.8. The van der Waals surface area contributed by atoms with Crippen molar-refractivity contribution in [1.29, 1.82) is 0 Å². The fraction of sp³-hybridized carbons (Fsp3) is 0.500. The second-order valence-corrected chi connectivity index (χ2v) is 7.18. The highest BCUT2D eigenvalue weighted by Gasteiger charge is 2.27. The fourth-order valence-corrected chi connectivity index (χ4v) is 2.97. The number of ether oxygens (including phenoxy) is 2. The zero-order valence-corrected chi connectivity index (χ0v) is 17.6. The summed E-state index contributed by atoms with van der Waals surface area (Å²) in [6.07, 6.45) is -1.27. The van der Waals surface area contributed by atoms with Gasteiger partial charge in [0.15, 0.2) is 0 Å². The molecule has 0 radical (unpaired) electrons. The van der Waals surface area contributed by atoms with Gasteiger partial charge < -0.3 is 35.8 Å². The van der Waals surface area contributed by atoms with Crippen LogP contribution in [0.15, 0.2) is 18.2 Å². The lowest BCUT2D eigenvalue weighted by molar-refractivity contribution is -0.137. The molecule has 5 N–H and O–H groups in total. The third kappa shape index (κ3) is 7.69. The largest absolute Gasteiger partial charge is 0.488 e. The molecule has 1 aromatic carbocycles. The Labute approximate surface area is 184 Å². The van der Waals surface area contributed by atoms with E-state index >= 15 is 0 Å². The van der Waals surface area contributed by atoms with Gasteiger partial charge in [0.1, 0.15) is 24.3 Å². The number of rotatable bonds is 10. The molecule has 0 aliphatic carbocycles.